The Labute approximate surface area is 204 Å². The second-order valence-corrected chi connectivity index (χ2v) is 10.5. The molecule has 182 valence electrons. The number of carbonyl (C=O) groups is 3. The molecule has 2 aromatic rings. The molecule has 1 fully saturated rings. The number of hydrogen-bond acceptors (Lipinski definition) is 5. The van der Waals surface area contributed by atoms with Gasteiger partial charge in [-0.05, 0) is 36.8 Å². The predicted molar refractivity (Wildman–Crippen MR) is 130 cm³/mol. The van der Waals surface area contributed by atoms with E-state index in [1.807, 2.05) is 20.8 Å². The number of benzene rings is 1. The van der Waals surface area contributed by atoms with Crippen molar-refractivity contribution < 1.29 is 19.1 Å². The quantitative estimate of drug-likeness (QED) is 0.462. The first-order valence-electron chi connectivity index (χ1n) is 11.4. The summed E-state index contributed by atoms with van der Waals surface area (Å²) >= 11 is 6.31. The van der Waals surface area contributed by atoms with Gasteiger partial charge in [-0.2, -0.15) is 5.26 Å². The van der Waals surface area contributed by atoms with Gasteiger partial charge in [0, 0.05) is 36.3 Å². The number of carbonyl (C=O) groups excluding carboxylic acids is 3. The van der Waals surface area contributed by atoms with Crippen molar-refractivity contribution in [3.8, 4) is 11.8 Å². The molecule has 3 N–H and O–H groups in total. The third-order valence-electron chi connectivity index (χ3n) is 6.01. The van der Waals surface area contributed by atoms with Gasteiger partial charge < -0.3 is 20.4 Å². The molecule has 3 atom stereocenters. The van der Waals surface area contributed by atoms with Crippen molar-refractivity contribution in [2.75, 3.05) is 13.7 Å². The maximum absolute atomic E-state index is 13.2. The number of rotatable bonds is 9. The van der Waals surface area contributed by atoms with Crippen molar-refractivity contribution in [3.05, 3.63) is 28.9 Å². The van der Waals surface area contributed by atoms with Crippen LogP contribution in [0.3, 0.4) is 0 Å². The van der Waals surface area contributed by atoms with E-state index in [-0.39, 0.29) is 41.8 Å². The molecule has 34 heavy (non-hydrogen) atoms. The molecule has 2 heterocycles. The fourth-order valence-corrected chi connectivity index (χ4v) is 4.62. The third kappa shape index (κ3) is 6.29. The van der Waals surface area contributed by atoms with E-state index >= 15 is 0 Å². The van der Waals surface area contributed by atoms with Gasteiger partial charge in [0.05, 0.1) is 29.4 Å². The maximum atomic E-state index is 13.2. The molecule has 3 rings (SSSR count). The van der Waals surface area contributed by atoms with Crippen LogP contribution in [0.2, 0.25) is 5.02 Å². The first kappa shape index (κ1) is 25.6. The molecule has 1 aromatic heterocycles. The zero-order valence-electron chi connectivity index (χ0n) is 20.0. The van der Waals surface area contributed by atoms with Crippen molar-refractivity contribution in [2.24, 2.45) is 17.3 Å². The number of methoxy groups -OCH3 is 1. The standard InChI is InChI=1S/C25H31ClN4O4/c1-25(2,3)12-16(24(33)29-17(13-27)7-14-5-6-28-23(14)32)10-21(31)20-9-15-8-18(34-4)11-19(26)22(15)30-20/h8-9,11,14,16-17,30H,5-7,10,12H2,1-4H3,(H,28,32)(H,29,33). The van der Waals surface area contributed by atoms with E-state index in [9.17, 15) is 19.6 Å². The Morgan fingerprint density at radius 1 is 1.32 bits per heavy atom. The van der Waals surface area contributed by atoms with Crippen molar-refractivity contribution in [2.45, 2.75) is 52.5 Å². The molecule has 0 aliphatic carbocycles. The summed E-state index contributed by atoms with van der Waals surface area (Å²) in [6.07, 6.45) is 1.34. The number of H-pyrrole nitrogens is 1. The summed E-state index contributed by atoms with van der Waals surface area (Å²) in [5, 5.41) is 16.2. The highest BCUT2D eigenvalue weighted by Gasteiger charge is 2.32. The third-order valence-corrected chi connectivity index (χ3v) is 6.30. The van der Waals surface area contributed by atoms with E-state index < -0.39 is 12.0 Å². The van der Waals surface area contributed by atoms with Crippen LogP contribution in [0.1, 0.15) is 56.9 Å². The van der Waals surface area contributed by atoms with Crippen LogP contribution in [-0.2, 0) is 9.59 Å². The van der Waals surface area contributed by atoms with Crippen LogP contribution < -0.4 is 15.4 Å². The summed E-state index contributed by atoms with van der Waals surface area (Å²) < 4.78 is 5.24. The van der Waals surface area contributed by atoms with Crippen LogP contribution in [0.5, 0.6) is 5.75 Å². The lowest BCUT2D eigenvalue weighted by Crippen LogP contribution is -2.41. The topological polar surface area (TPSA) is 124 Å². The first-order valence-corrected chi connectivity index (χ1v) is 11.8. The Hall–Kier alpha value is -3.05. The summed E-state index contributed by atoms with van der Waals surface area (Å²) in [7, 11) is 1.54. The van der Waals surface area contributed by atoms with Crippen LogP contribution in [0.4, 0.5) is 0 Å². The van der Waals surface area contributed by atoms with Gasteiger partial charge >= 0.3 is 0 Å². The van der Waals surface area contributed by atoms with Crippen molar-refractivity contribution in [1.29, 1.82) is 5.26 Å². The minimum Gasteiger partial charge on any atom is -0.497 e. The average Bonchev–Trinajstić information content (AvgIpc) is 3.38. The van der Waals surface area contributed by atoms with Crippen LogP contribution in [0.25, 0.3) is 10.9 Å². The number of nitriles is 1. The molecule has 1 aliphatic rings. The van der Waals surface area contributed by atoms with Crippen molar-refractivity contribution in [1.82, 2.24) is 15.6 Å². The van der Waals surface area contributed by atoms with E-state index in [1.165, 1.54) is 0 Å². The van der Waals surface area contributed by atoms with E-state index in [0.717, 1.165) is 5.39 Å². The fourth-order valence-electron chi connectivity index (χ4n) is 4.36. The minimum atomic E-state index is -0.793. The smallest absolute Gasteiger partial charge is 0.224 e. The number of amides is 2. The Morgan fingerprint density at radius 3 is 2.65 bits per heavy atom. The van der Waals surface area contributed by atoms with Gasteiger partial charge in [0.2, 0.25) is 11.8 Å². The number of nitrogens with one attached hydrogen (secondary N) is 3. The number of fused-ring (bicyclic) bond motifs is 1. The fraction of sp³-hybridized carbons (Fsp3) is 0.520. The molecule has 2 amide bonds. The first-order chi connectivity index (χ1) is 16.0. The molecular weight excluding hydrogens is 456 g/mol. The van der Waals surface area contributed by atoms with Crippen molar-refractivity contribution in [3.63, 3.8) is 0 Å². The summed E-state index contributed by atoms with van der Waals surface area (Å²) in [5.74, 6) is -1.01. The number of ketones is 1. The zero-order chi connectivity index (χ0) is 25.0. The van der Waals surface area contributed by atoms with Crippen LogP contribution in [0, 0.1) is 28.6 Å². The van der Waals surface area contributed by atoms with Gasteiger partial charge in [0.15, 0.2) is 5.78 Å². The average molecular weight is 487 g/mol. The molecule has 1 saturated heterocycles. The molecule has 8 nitrogen and oxygen atoms in total. The van der Waals surface area contributed by atoms with Gasteiger partial charge in [-0.1, -0.05) is 32.4 Å². The molecular formula is C25H31ClN4O4. The van der Waals surface area contributed by atoms with Crippen LogP contribution in [-0.4, -0.2) is 42.3 Å². The lowest BCUT2D eigenvalue weighted by Gasteiger charge is -2.26. The second-order valence-electron chi connectivity index (χ2n) is 10.0. The number of aromatic amines is 1. The summed E-state index contributed by atoms with van der Waals surface area (Å²) in [6.45, 7) is 6.57. The Kier molecular flexibility index (Phi) is 7.88. The SMILES string of the molecule is COc1cc(Cl)c2[nH]c(C(=O)CC(CC(C)(C)C)C(=O)NC(C#N)CC3CCNC3=O)cc2c1. The zero-order valence-corrected chi connectivity index (χ0v) is 20.7. The van der Waals surface area contributed by atoms with Gasteiger partial charge in [0.25, 0.3) is 0 Å². The lowest BCUT2D eigenvalue weighted by atomic mass is 9.81. The predicted octanol–water partition coefficient (Wildman–Crippen LogP) is 3.99. The van der Waals surface area contributed by atoms with Gasteiger partial charge in [-0.15, -0.1) is 0 Å². The molecule has 0 spiro atoms. The lowest BCUT2D eigenvalue weighted by molar-refractivity contribution is -0.127. The Balaban J connectivity index is 1.76. The van der Waals surface area contributed by atoms with Crippen molar-refractivity contribution >= 4 is 40.1 Å². The highest BCUT2D eigenvalue weighted by Crippen LogP contribution is 2.31. The van der Waals surface area contributed by atoms with E-state index in [4.69, 9.17) is 16.3 Å². The number of nitrogens with zero attached hydrogens (tertiary/aromatic N) is 1. The minimum absolute atomic E-state index is 0.0211. The summed E-state index contributed by atoms with van der Waals surface area (Å²) in [4.78, 5) is 41.3. The molecule has 3 unspecified atom stereocenters. The number of aromatic nitrogens is 1. The molecule has 1 aromatic carbocycles. The van der Waals surface area contributed by atoms with Gasteiger partial charge in [0.1, 0.15) is 11.8 Å². The van der Waals surface area contributed by atoms with E-state index in [0.29, 0.717) is 41.4 Å². The van der Waals surface area contributed by atoms with E-state index in [2.05, 4.69) is 21.7 Å². The monoisotopic (exact) mass is 486 g/mol. The highest BCUT2D eigenvalue weighted by molar-refractivity contribution is 6.35. The Morgan fingerprint density at radius 2 is 2.06 bits per heavy atom. The van der Waals surface area contributed by atoms with Gasteiger partial charge in [-0.25, -0.2) is 0 Å². The number of halogens is 1. The van der Waals surface area contributed by atoms with E-state index in [1.54, 1.807) is 25.3 Å². The highest BCUT2D eigenvalue weighted by atomic mass is 35.5. The normalized spacial score (nSPS) is 17.6. The Bertz CT molecular complexity index is 1130. The second kappa shape index (κ2) is 10.5. The number of Topliss-reactive ketones (excluding diaryl/α,β-unsaturated/α-hetero) is 1. The molecule has 0 saturated carbocycles. The largest absolute Gasteiger partial charge is 0.497 e. The van der Waals surface area contributed by atoms with Crippen LogP contribution in [0.15, 0.2) is 18.2 Å². The molecule has 1 aliphatic heterocycles. The summed E-state index contributed by atoms with van der Waals surface area (Å²) in [6, 6.07) is 6.44. The number of ether oxygens (including phenoxy) is 1. The molecule has 0 radical (unpaired) electrons. The summed E-state index contributed by atoms with van der Waals surface area (Å²) in [5.41, 5.74) is 0.769. The van der Waals surface area contributed by atoms with Gasteiger partial charge in [-0.3, -0.25) is 14.4 Å². The number of hydrogen-bond donors (Lipinski definition) is 3. The maximum Gasteiger partial charge on any atom is 0.224 e. The molecule has 0 bridgehead atoms. The van der Waals surface area contributed by atoms with Crippen LogP contribution >= 0.6 is 11.6 Å². The molecule has 9 heteroatoms.